The summed E-state index contributed by atoms with van der Waals surface area (Å²) in [5, 5.41) is 9.33. The van der Waals surface area contributed by atoms with Crippen LogP contribution >= 0.6 is 0 Å². The quantitative estimate of drug-likeness (QED) is 0.613. The molecule has 1 N–H and O–H groups in total. The minimum absolute atomic E-state index is 0.243. The van der Waals surface area contributed by atoms with Crippen molar-refractivity contribution in [1.29, 1.82) is 0 Å². The number of phenols is 1. The molecule has 0 fully saturated rings. The molecule has 0 amide bonds. The zero-order chi connectivity index (χ0) is 21.2. The first-order chi connectivity index (χ1) is 13.9. The van der Waals surface area contributed by atoms with Crippen LogP contribution in [0.3, 0.4) is 0 Å². The number of halogens is 1. The third-order valence-electron chi connectivity index (χ3n) is 4.26. The van der Waals surface area contributed by atoms with Gasteiger partial charge >= 0.3 is 5.97 Å². The Morgan fingerprint density at radius 1 is 1.14 bits per heavy atom. The molecule has 5 nitrogen and oxygen atoms in total. The maximum atomic E-state index is 13.0. The molecule has 0 aliphatic carbocycles. The lowest BCUT2D eigenvalue weighted by atomic mass is 9.96. The lowest BCUT2D eigenvalue weighted by Gasteiger charge is -2.14. The minimum atomic E-state index is -0.333. The van der Waals surface area contributed by atoms with Crippen molar-refractivity contribution < 1.29 is 19.0 Å². The lowest BCUT2D eigenvalue weighted by molar-refractivity contribution is -0.135. The highest BCUT2D eigenvalue weighted by Crippen LogP contribution is 2.24. The van der Waals surface area contributed by atoms with Crippen LogP contribution in [0.25, 0.3) is 5.57 Å². The maximum absolute atomic E-state index is 13.0. The average molecular weight is 396 g/mol. The van der Waals surface area contributed by atoms with E-state index in [1.54, 1.807) is 45.2 Å². The van der Waals surface area contributed by atoms with Crippen LogP contribution in [0.15, 0.2) is 64.6 Å². The Morgan fingerprint density at radius 2 is 1.76 bits per heavy atom. The Bertz CT molecular complexity index is 914. The number of nitrogens with zero attached hydrogens (tertiary/aromatic N) is 2. The van der Waals surface area contributed by atoms with Gasteiger partial charge in [0.1, 0.15) is 17.3 Å². The number of hydrogen-bond acceptors (Lipinski definition) is 5. The van der Waals surface area contributed by atoms with Gasteiger partial charge in [0.2, 0.25) is 0 Å². The van der Waals surface area contributed by atoms with E-state index in [1.807, 2.05) is 18.2 Å². The zero-order valence-electron chi connectivity index (χ0n) is 16.9. The maximum Gasteiger partial charge on any atom is 0.351 e. The lowest BCUT2D eigenvalue weighted by Crippen LogP contribution is -2.13. The van der Waals surface area contributed by atoms with E-state index in [9.17, 15) is 14.3 Å². The highest BCUT2D eigenvalue weighted by molar-refractivity contribution is 6.35. The van der Waals surface area contributed by atoms with E-state index in [0.29, 0.717) is 12.3 Å². The molecule has 0 saturated heterocycles. The number of esters is 1. The molecule has 0 saturated carbocycles. The van der Waals surface area contributed by atoms with E-state index in [2.05, 4.69) is 14.7 Å². The normalized spacial score (nSPS) is 13.6. The summed E-state index contributed by atoms with van der Waals surface area (Å²) >= 11 is 0. The second-order valence-corrected chi connectivity index (χ2v) is 6.27. The fourth-order valence-corrected chi connectivity index (χ4v) is 2.60. The molecule has 0 bridgehead atoms. The van der Waals surface area contributed by atoms with Gasteiger partial charge < -0.3 is 9.84 Å². The molecule has 29 heavy (non-hydrogen) atoms. The summed E-state index contributed by atoms with van der Waals surface area (Å²) in [7, 11) is 1.56. The minimum Gasteiger partial charge on any atom is -0.508 e. The summed E-state index contributed by atoms with van der Waals surface area (Å²) in [6.45, 7) is 4.52. The Hall–Kier alpha value is -3.28. The van der Waals surface area contributed by atoms with Gasteiger partial charge in [0, 0.05) is 13.6 Å². The molecule has 0 radical (unpaired) electrons. The fourth-order valence-electron chi connectivity index (χ4n) is 2.60. The fraction of sp³-hybridized carbons (Fsp3) is 0.261. The first kappa shape index (κ1) is 22.0. The number of allylic oxidation sites excluding steroid dienone is 1. The van der Waals surface area contributed by atoms with Gasteiger partial charge in [0.05, 0.1) is 12.3 Å². The Morgan fingerprint density at radius 3 is 2.34 bits per heavy atom. The van der Waals surface area contributed by atoms with Crippen LogP contribution in [-0.2, 0) is 9.53 Å². The molecule has 1 aliphatic rings. The molecular weight excluding hydrogens is 371 g/mol. The van der Waals surface area contributed by atoms with Crippen LogP contribution in [-0.4, -0.2) is 42.7 Å². The molecule has 0 spiro atoms. The van der Waals surface area contributed by atoms with Crippen LogP contribution in [0.1, 0.15) is 31.4 Å². The average Bonchev–Trinajstić information content (AvgIpc) is 2.75. The first-order valence-corrected chi connectivity index (χ1v) is 9.35. The number of rotatable bonds is 4. The molecule has 6 heteroatoms. The van der Waals surface area contributed by atoms with Crippen LogP contribution in [0, 0.1) is 5.82 Å². The number of aromatic hydroxyl groups is 1. The molecule has 0 aromatic heterocycles. The van der Waals surface area contributed by atoms with Gasteiger partial charge in [-0.15, -0.1) is 0 Å². The molecule has 0 atom stereocenters. The smallest absolute Gasteiger partial charge is 0.351 e. The Labute approximate surface area is 170 Å². The monoisotopic (exact) mass is 396 g/mol. The van der Waals surface area contributed by atoms with E-state index in [4.69, 9.17) is 0 Å². The van der Waals surface area contributed by atoms with E-state index < -0.39 is 0 Å². The summed E-state index contributed by atoms with van der Waals surface area (Å²) < 4.78 is 17.6. The van der Waals surface area contributed by atoms with Gasteiger partial charge in [-0.2, -0.15) is 0 Å². The first-order valence-electron chi connectivity index (χ1n) is 9.35. The molecule has 1 heterocycles. The standard InChI is InChI=1S/C17H14FNO.C6H11NO2/c18-15-5-1-13(2-6-15)17-11-14(9-10-19-17)12-3-7-16(20)8-4-12;1-4-9-6(8)5(2)7-3/h1-8,11,20H,9-10H2;4H2,1-3H3. The number of ether oxygens (including phenoxy) is 1. The van der Waals surface area contributed by atoms with Crippen LogP contribution < -0.4 is 0 Å². The van der Waals surface area contributed by atoms with Crippen molar-refractivity contribution in [3.05, 3.63) is 71.6 Å². The van der Waals surface area contributed by atoms with Gasteiger partial charge in [0.25, 0.3) is 0 Å². The molecule has 1 aliphatic heterocycles. The van der Waals surface area contributed by atoms with Gasteiger partial charge in [-0.1, -0.05) is 12.1 Å². The molecule has 2 aromatic carbocycles. The van der Waals surface area contributed by atoms with E-state index in [-0.39, 0.29) is 17.5 Å². The number of dihydropyridines is 1. The van der Waals surface area contributed by atoms with Gasteiger partial charge in [0.15, 0.2) is 0 Å². The van der Waals surface area contributed by atoms with Crippen molar-refractivity contribution >= 4 is 23.0 Å². The van der Waals surface area contributed by atoms with Crippen molar-refractivity contribution in [2.45, 2.75) is 20.3 Å². The summed E-state index contributed by atoms with van der Waals surface area (Å²) in [4.78, 5) is 18.8. The second kappa shape index (κ2) is 10.9. The number of aliphatic imine (C=N–C) groups is 2. The van der Waals surface area contributed by atoms with Gasteiger partial charge in [-0.3, -0.25) is 9.98 Å². The van der Waals surface area contributed by atoms with Crippen molar-refractivity contribution in [2.24, 2.45) is 9.98 Å². The Kier molecular flexibility index (Phi) is 8.27. The predicted molar refractivity (Wildman–Crippen MR) is 114 cm³/mol. The summed E-state index contributed by atoms with van der Waals surface area (Å²) in [5.41, 5.74) is 4.47. The van der Waals surface area contributed by atoms with Crippen LogP contribution in [0.2, 0.25) is 0 Å². The topological polar surface area (TPSA) is 71.2 Å². The van der Waals surface area contributed by atoms with Crippen molar-refractivity contribution in [2.75, 3.05) is 20.2 Å². The van der Waals surface area contributed by atoms with E-state index in [0.717, 1.165) is 29.8 Å². The van der Waals surface area contributed by atoms with Crippen LogP contribution in [0.5, 0.6) is 5.75 Å². The van der Waals surface area contributed by atoms with Gasteiger partial charge in [-0.05, 0) is 79.4 Å². The molecular formula is C23H25FN2O3. The number of carbonyl (C=O) groups is 1. The summed E-state index contributed by atoms with van der Waals surface area (Å²) in [6, 6.07) is 13.5. The predicted octanol–water partition coefficient (Wildman–Crippen LogP) is 4.45. The van der Waals surface area contributed by atoms with Gasteiger partial charge in [-0.25, -0.2) is 9.18 Å². The van der Waals surface area contributed by atoms with E-state index >= 15 is 0 Å². The summed E-state index contributed by atoms with van der Waals surface area (Å²) in [6.07, 6.45) is 2.90. The van der Waals surface area contributed by atoms with Crippen LogP contribution in [0.4, 0.5) is 4.39 Å². The van der Waals surface area contributed by atoms with Crippen molar-refractivity contribution in [3.63, 3.8) is 0 Å². The number of phenolic OH excluding ortho intramolecular Hbond substituents is 1. The highest BCUT2D eigenvalue weighted by Gasteiger charge is 2.10. The molecule has 0 unspecified atom stereocenters. The van der Waals surface area contributed by atoms with E-state index in [1.165, 1.54) is 17.7 Å². The molecule has 2 aromatic rings. The largest absolute Gasteiger partial charge is 0.508 e. The number of carbonyl (C=O) groups excluding carboxylic acids is 1. The highest BCUT2D eigenvalue weighted by atomic mass is 19.1. The molecule has 152 valence electrons. The second-order valence-electron chi connectivity index (χ2n) is 6.27. The SMILES string of the molecule is CCOC(=O)C(C)=NC.Oc1ccc(C2=CC(c3ccc(F)cc3)=NCC2)cc1. The van der Waals surface area contributed by atoms with Crippen molar-refractivity contribution in [1.82, 2.24) is 0 Å². The molecule has 3 rings (SSSR count). The third-order valence-corrected chi connectivity index (χ3v) is 4.26. The Balaban J connectivity index is 0.000000284. The zero-order valence-corrected chi connectivity index (χ0v) is 16.9. The number of benzene rings is 2. The third kappa shape index (κ3) is 6.68. The number of hydrogen-bond donors (Lipinski definition) is 1. The summed E-state index contributed by atoms with van der Waals surface area (Å²) in [5.74, 6) is -0.314. The van der Waals surface area contributed by atoms with Crippen molar-refractivity contribution in [3.8, 4) is 5.75 Å².